The standard InChI is InChI=1S/C16H15ClN2O3S/c1-23(21,22)19-8-7-11-9-12(5-6-15(11)19)16(20)18-14-4-2-3-13(17)10-14/h2-6,9-10H,7-8H2,1H3,(H,18,20). The van der Waals surface area contributed by atoms with Gasteiger partial charge in [0.1, 0.15) is 0 Å². The second kappa shape index (κ2) is 5.86. The van der Waals surface area contributed by atoms with Crippen molar-refractivity contribution in [1.29, 1.82) is 0 Å². The Hall–Kier alpha value is -2.05. The van der Waals surface area contributed by atoms with Gasteiger partial charge in [-0.2, -0.15) is 0 Å². The number of fused-ring (bicyclic) bond motifs is 1. The van der Waals surface area contributed by atoms with Crippen LogP contribution in [0, 0.1) is 0 Å². The third kappa shape index (κ3) is 3.33. The molecule has 0 spiro atoms. The highest BCUT2D eigenvalue weighted by Crippen LogP contribution is 2.31. The Morgan fingerprint density at radius 3 is 2.70 bits per heavy atom. The van der Waals surface area contributed by atoms with E-state index in [9.17, 15) is 13.2 Å². The number of halogens is 1. The summed E-state index contributed by atoms with van der Waals surface area (Å²) in [6.45, 7) is 0.410. The second-order valence-electron chi connectivity index (χ2n) is 5.39. The Morgan fingerprint density at radius 2 is 2.00 bits per heavy atom. The molecule has 0 radical (unpaired) electrons. The van der Waals surface area contributed by atoms with Gasteiger partial charge in [0.15, 0.2) is 0 Å². The van der Waals surface area contributed by atoms with Crippen molar-refractivity contribution in [2.45, 2.75) is 6.42 Å². The van der Waals surface area contributed by atoms with Crippen molar-refractivity contribution >= 4 is 38.9 Å². The highest BCUT2D eigenvalue weighted by Gasteiger charge is 2.26. The maximum atomic E-state index is 12.3. The summed E-state index contributed by atoms with van der Waals surface area (Å²) in [5, 5.41) is 3.32. The first-order valence-electron chi connectivity index (χ1n) is 7.02. The zero-order valence-corrected chi connectivity index (χ0v) is 14.0. The molecule has 0 aromatic heterocycles. The number of nitrogens with one attached hydrogen (secondary N) is 1. The predicted octanol–water partition coefficient (Wildman–Crippen LogP) is 2.91. The topological polar surface area (TPSA) is 66.5 Å². The summed E-state index contributed by atoms with van der Waals surface area (Å²) >= 11 is 5.90. The molecule has 23 heavy (non-hydrogen) atoms. The van der Waals surface area contributed by atoms with Crippen LogP contribution in [-0.2, 0) is 16.4 Å². The molecule has 1 N–H and O–H groups in total. The van der Waals surface area contributed by atoms with Gasteiger partial charge in [-0.05, 0) is 48.4 Å². The molecule has 2 aromatic rings. The number of hydrogen-bond donors (Lipinski definition) is 1. The molecule has 1 aliphatic rings. The van der Waals surface area contributed by atoms with E-state index in [0.717, 1.165) is 5.56 Å². The first-order chi connectivity index (χ1) is 10.8. The van der Waals surface area contributed by atoms with Crippen LogP contribution in [0.4, 0.5) is 11.4 Å². The minimum atomic E-state index is -3.28. The fourth-order valence-electron chi connectivity index (χ4n) is 2.63. The van der Waals surface area contributed by atoms with Crippen molar-refractivity contribution in [2.24, 2.45) is 0 Å². The normalized spacial score (nSPS) is 13.7. The average molecular weight is 351 g/mol. The summed E-state index contributed by atoms with van der Waals surface area (Å²) in [5.74, 6) is -0.257. The summed E-state index contributed by atoms with van der Waals surface area (Å²) in [5.41, 5.74) is 2.60. The maximum Gasteiger partial charge on any atom is 0.255 e. The second-order valence-corrected chi connectivity index (χ2v) is 7.74. The van der Waals surface area contributed by atoms with Crippen molar-refractivity contribution in [3.05, 3.63) is 58.6 Å². The van der Waals surface area contributed by atoms with Crippen LogP contribution in [0.25, 0.3) is 0 Å². The van der Waals surface area contributed by atoms with Gasteiger partial charge < -0.3 is 5.32 Å². The molecule has 120 valence electrons. The van der Waals surface area contributed by atoms with E-state index in [1.165, 1.54) is 10.6 Å². The number of amides is 1. The van der Waals surface area contributed by atoms with Crippen LogP contribution in [0.15, 0.2) is 42.5 Å². The fourth-order valence-corrected chi connectivity index (χ4v) is 3.78. The maximum absolute atomic E-state index is 12.3. The molecule has 0 saturated carbocycles. The molecule has 2 aromatic carbocycles. The highest BCUT2D eigenvalue weighted by atomic mass is 35.5. The van der Waals surface area contributed by atoms with Crippen molar-refractivity contribution < 1.29 is 13.2 Å². The van der Waals surface area contributed by atoms with Gasteiger partial charge in [0.05, 0.1) is 11.9 Å². The summed E-state index contributed by atoms with van der Waals surface area (Å²) in [4.78, 5) is 12.3. The van der Waals surface area contributed by atoms with Crippen molar-refractivity contribution in [3.8, 4) is 0 Å². The van der Waals surface area contributed by atoms with Crippen LogP contribution < -0.4 is 9.62 Å². The third-order valence-corrected chi connectivity index (χ3v) is 5.09. The van der Waals surface area contributed by atoms with E-state index in [-0.39, 0.29) is 5.91 Å². The number of anilines is 2. The van der Waals surface area contributed by atoms with E-state index < -0.39 is 10.0 Å². The first kappa shape index (κ1) is 15.8. The molecule has 0 unspecified atom stereocenters. The minimum Gasteiger partial charge on any atom is -0.322 e. The summed E-state index contributed by atoms with van der Waals surface area (Å²) in [6.07, 6.45) is 1.78. The van der Waals surface area contributed by atoms with Gasteiger partial charge in [-0.15, -0.1) is 0 Å². The SMILES string of the molecule is CS(=O)(=O)N1CCc2cc(C(=O)Nc3cccc(Cl)c3)ccc21. The van der Waals surface area contributed by atoms with Gasteiger partial charge in [0.25, 0.3) is 5.91 Å². The van der Waals surface area contributed by atoms with Crippen molar-refractivity contribution in [2.75, 3.05) is 22.4 Å². The molecule has 0 fully saturated rings. The molecule has 0 saturated heterocycles. The quantitative estimate of drug-likeness (QED) is 0.925. The van der Waals surface area contributed by atoms with Gasteiger partial charge >= 0.3 is 0 Å². The molecule has 0 aliphatic carbocycles. The molecular weight excluding hydrogens is 336 g/mol. The molecular formula is C16H15ClN2O3S. The third-order valence-electron chi connectivity index (χ3n) is 3.68. The van der Waals surface area contributed by atoms with Gasteiger partial charge in [0.2, 0.25) is 10.0 Å². The summed E-state index contributed by atoms with van der Waals surface area (Å²) in [6, 6.07) is 11.9. The molecule has 0 bridgehead atoms. The Kier molecular flexibility index (Phi) is 4.04. The number of rotatable bonds is 3. The zero-order chi connectivity index (χ0) is 16.6. The van der Waals surface area contributed by atoms with Crippen LogP contribution in [-0.4, -0.2) is 27.1 Å². The number of carbonyl (C=O) groups is 1. The van der Waals surface area contributed by atoms with E-state index in [0.29, 0.717) is 34.9 Å². The smallest absolute Gasteiger partial charge is 0.255 e. The van der Waals surface area contributed by atoms with Gasteiger partial charge in [-0.25, -0.2) is 8.42 Å². The molecule has 3 rings (SSSR count). The number of benzene rings is 2. The van der Waals surface area contributed by atoms with Gasteiger partial charge in [0, 0.05) is 22.8 Å². The minimum absolute atomic E-state index is 0.257. The molecule has 1 amide bonds. The van der Waals surface area contributed by atoms with E-state index in [1.807, 2.05) is 0 Å². The van der Waals surface area contributed by atoms with Crippen LogP contribution in [0.3, 0.4) is 0 Å². The lowest BCUT2D eigenvalue weighted by Crippen LogP contribution is -2.27. The first-order valence-corrected chi connectivity index (χ1v) is 9.25. The van der Waals surface area contributed by atoms with E-state index >= 15 is 0 Å². The van der Waals surface area contributed by atoms with E-state index in [1.54, 1.807) is 42.5 Å². The van der Waals surface area contributed by atoms with E-state index in [4.69, 9.17) is 11.6 Å². The Balaban J connectivity index is 1.84. The molecule has 7 heteroatoms. The number of sulfonamides is 1. The average Bonchev–Trinajstić information content (AvgIpc) is 2.90. The largest absolute Gasteiger partial charge is 0.322 e. The van der Waals surface area contributed by atoms with Gasteiger partial charge in [-0.1, -0.05) is 17.7 Å². The molecule has 1 aliphatic heterocycles. The summed E-state index contributed by atoms with van der Waals surface area (Å²) < 4.78 is 24.8. The van der Waals surface area contributed by atoms with Crippen molar-refractivity contribution in [3.63, 3.8) is 0 Å². The molecule has 5 nitrogen and oxygen atoms in total. The summed E-state index contributed by atoms with van der Waals surface area (Å²) in [7, 11) is -3.28. The van der Waals surface area contributed by atoms with Crippen LogP contribution in [0.5, 0.6) is 0 Å². The Bertz CT molecular complexity index is 881. The number of hydrogen-bond acceptors (Lipinski definition) is 3. The molecule has 0 atom stereocenters. The number of nitrogens with zero attached hydrogens (tertiary/aromatic N) is 1. The van der Waals surface area contributed by atoms with Crippen LogP contribution in [0.2, 0.25) is 5.02 Å². The van der Waals surface area contributed by atoms with Crippen LogP contribution in [0.1, 0.15) is 15.9 Å². The Labute approximate surface area is 139 Å². The molecule has 1 heterocycles. The zero-order valence-electron chi connectivity index (χ0n) is 12.4. The van der Waals surface area contributed by atoms with Crippen molar-refractivity contribution in [1.82, 2.24) is 0 Å². The number of carbonyl (C=O) groups excluding carboxylic acids is 1. The lowest BCUT2D eigenvalue weighted by atomic mass is 10.1. The van der Waals surface area contributed by atoms with E-state index in [2.05, 4.69) is 5.32 Å². The lowest BCUT2D eigenvalue weighted by Gasteiger charge is -2.16. The lowest BCUT2D eigenvalue weighted by molar-refractivity contribution is 0.102. The predicted molar refractivity (Wildman–Crippen MR) is 91.7 cm³/mol. The fraction of sp³-hybridized carbons (Fsp3) is 0.188. The Morgan fingerprint density at radius 1 is 1.22 bits per heavy atom. The van der Waals surface area contributed by atoms with Crippen LogP contribution >= 0.6 is 11.6 Å². The monoisotopic (exact) mass is 350 g/mol. The highest BCUT2D eigenvalue weighted by molar-refractivity contribution is 7.92. The van der Waals surface area contributed by atoms with Gasteiger partial charge in [-0.3, -0.25) is 9.10 Å².